The highest BCUT2D eigenvalue weighted by Gasteiger charge is 2.41. The number of carbonyl (C=O) groups is 2. The number of carbonyl (C=O) groups excluding carboxylic acids is 1. The summed E-state index contributed by atoms with van der Waals surface area (Å²) in [6, 6.07) is 0.887. The van der Waals surface area contributed by atoms with Crippen molar-refractivity contribution >= 4 is 21.9 Å². The highest BCUT2D eigenvalue weighted by molar-refractivity contribution is 7.89. The van der Waals surface area contributed by atoms with Crippen molar-refractivity contribution in [2.45, 2.75) is 52.0 Å². The van der Waals surface area contributed by atoms with E-state index in [4.69, 9.17) is 0 Å². The third-order valence-corrected chi connectivity index (χ3v) is 6.49. The number of hydrogen-bond acceptors (Lipinski definition) is 5. The van der Waals surface area contributed by atoms with E-state index in [1.165, 1.54) is 13.8 Å². The Hall–Kier alpha value is -1.66. The summed E-state index contributed by atoms with van der Waals surface area (Å²) in [4.78, 5) is 22.2. The van der Waals surface area contributed by atoms with Crippen LogP contribution in [-0.4, -0.2) is 54.6 Å². The molecule has 0 aromatic rings. The van der Waals surface area contributed by atoms with Gasteiger partial charge in [-0.25, -0.2) is 8.42 Å². The molecule has 0 heterocycles. The van der Waals surface area contributed by atoms with E-state index in [1.54, 1.807) is 0 Å². The summed E-state index contributed by atoms with van der Waals surface area (Å²) in [7, 11) is -3.96. The van der Waals surface area contributed by atoms with Gasteiger partial charge in [0.15, 0.2) is 0 Å². The van der Waals surface area contributed by atoms with Crippen molar-refractivity contribution in [2.75, 3.05) is 18.8 Å². The predicted octanol–water partition coefficient (Wildman–Crippen LogP) is 0.701. The summed E-state index contributed by atoms with van der Waals surface area (Å²) < 4.78 is 26.4. The molecule has 1 amide bonds. The van der Waals surface area contributed by atoms with Crippen LogP contribution in [0.2, 0.25) is 0 Å². The van der Waals surface area contributed by atoms with Crippen molar-refractivity contribution in [3.8, 4) is 6.07 Å². The summed E-state index contributed by atoms with van der Waals surface area (Å²) in [6.45, 7) is 2.46. The van der Waals surface area contributed by atoms with Gasteiger partial charge in [0, 0.05) is 20.0 Å². The lowest BCUT2D eigenvalue weighted by atomic mass is 9.77. The van der Waals surface area contributed by atoms with Gasteiger partial charge >= 0.3 is 5.97 Å². The first kappa shape index (κ1) is 20.4. The molecule has 0 aromatic carbocycles. The monoisotopic (exact) mass is 359 g/mol. The molecule has 0 spiro atoms. The normalized spacial score (nSPS) is 18.6. The maximum Gasteiger partial charge on any atom is 0.321 e. The fourth-order valence-electron chi connectivity index (χ4n) is 2.99. The molecule has 0 radical (unpaired) electrons. The Kier molecular flexibility index (Phi) is 7.17. The van der Waals surface area contributed by atoms with E-state index in [2.05, 4.69) is 11.4 Å². The van der Waals surface area contributed by atoms with E-state index in [0.29, 0.717) is 12.8 Å². The molecule has 1 rings (SSSR count). The first-order chi connectivity index (χ1) is 11.1. The van der Waals surface area contributed by atoms with Crippen LogP contribution in [0.5, 0.6) is 0 Å². The molecule has 24 heavy (non-hydrogen) atoms. The van der Waals surface area contributed by atoms with Gasteiger partial charge in [0.25, 0.3) is 0 Å². The number of sulfonamides is 1. The maximum atomic E-state index is 12.8. The quantitative estimate of drug-likeness (QED) is 0.656. The third-order valence-electron chi connectivity index (χ3n) is 4.36. The molecule has 9 heteroatoms. The Morgan fingerprint density at radius 2 is 1.92 bits per heavy atom. The van der Waals surface area contributed by atoms with E-state index < -0.39 is 27.4 Å². The summed E-state index contributed by atoms with van der Waals surface area (Å²) in [6.07, 6.45) is 3.57. The highest BCUT2D eigenvalue weighted by atomic mass is 32.2. The molecule has 1 aliphatic rings. The van der Waals surface area contributed by atoms with Crippen LogP contribution in [0.15, 0.2) is 0 Å². The van der Waals surface area contributed by atoms with Crippen LogP contribution >= 0.6 is 0 Å². The molecule has 1 aliphatic carbocycles. The number of amides is 1. The van der Waals surface area contributed by atoms with Gasteiger partial charge in [0.05, 0.1) is 17.2 Å². The lowest BCUT2D eigenvalue weighted by Gasteiger charge is -2.34. The van der Waals surface area contributed by atoms with E-state index in [-0.39, 0.29) is 24.7 Å². The highest BCUT2D eigenvalue weighted by Crippen LogP contribution is 2.37. The number of nitrogens with zero attached hydrogens (tertiary/aromatic N) is 2. The molecule has 8 nitrogen and oxygen atoms in total. The Labute approximate surface area is 142 Å². The first-order valence-electron chi connectivity index (χ1n) is 8.01. The number of carboxylic acid groups (broad SMARTS) is 1. The molecule has 0 saturated heterocycles. The van der Waals surface area contributed by atoms with Gasteiger partial charge in [-0.05, 0) is 19.8 Å². The average Bonchev–Trinajstić information content (AvgIpc) is 2.50. The third kappa shape index (κ3) is 5.46. The van der Waals surface area contributed by atoms with Gasteiger partial charge in [-0.15, -0.1) is 0 Å². The fraction of sp³-hybridized carbons (Fsp3) is 0.800. The topological polar surface area (TPSA) is 128 Å². The molecule has 0 aliphatic heterocycles. The number of nitriles is 1. The van der Waals surface area contributed by atoms with Crippen LogP contribution in [0, 0.1) is 16.7 Å². The van der Waals surface area contributed by atoms with Crippen LogP contribution in [-0.2, 0) is 19.6 Å². The van der Waals surface area contributed by atoms with E-state index in [9.17, 15) is 28.4 Å². The molecule has 2 N–H and O–H groups in total. The minimum absolute atomic E-state index is 0.0196. The Morgan fingerprint density at radius 3 is 2.38 bits per heavy atom. The molecule has 1 atom stereocenters. The van der Waals surface area contributed by atoms with Gasteiger partial charge in [0.2, 0.25) is 15.9 Å². The first-order valence-corrected chi connectivity index (χ1v) is 9.62. The van der Waals surface area contributed by atoms with Crippen LogP contribution in [0.3, 0.4) is 0 Å². The smallest absolute Gasteiger partial charge is 0.321 e. The molecule has 1 saturated carbocycles. The van der Waals surface area contributed by atoms with Crippen molar-refractivity contribution in [2.24, 2.45) is 5.41 Å². The Morgan fingerprint density at radius 1 is 1.33 bits per heavy atom. The summed E-state index contributed by atoms with van der Waals surface area (Å²) in [5, 5.41) is 21.1. The zero-order valence-corrected chi connectivity index (χ0v) is 14.9. The molecule has 1 fully saturated rings. The minimum atomic E-state index is -3.96. The van der Waals surface area contributed by atoms with Gasteiger partial charge in [-0.2, -0.15) is 9.57 Å². The molecule has 136 valence electrons. The Balaban J connectivity index is 2.98. The van der Waals surface area contributed by atoms with Crippen molar-refractivity contribution in [1.29, 1.82) is 5.26 Å². The van der Waals surface area contributed by atoms with Crippen molar-refractivity contribution in [3.63, 3.8) is 0 Å². The number of nitrogens with one attached hydrogen (secondary N) is 1. The average molecular weight is 359 g/mol. The van der Waals surface area contributed by atoms with Gasteiger partial charge in [-0.3, -0.25) is 9.59 Å². The van der Waals surface area contributed by atoms with E-state index in [1.807, 2.05) is 0 Å². The van der Waals surface area contributed by atoms with Crippen LogP contribution in [0.1, 0.15) is 46.0 Å². The predicted molar refractivity (Wildman–Crippen MR) is 87.4 cm³/mol. The largest absolute Gasteiger partial charge is 0.480 e. The second kappa shape index (κ2) is 8.44. The molecule has 0 aromatic heterocycles. The van der Waals surface area contributed by atoms with Crippen molar-refractivity contribution in [1.82, 2.24) is 9.62 Å². The second-order valence-electron chi connectivity index (χ2n) is 6.32. The van der Waals surface area contributed by atoms with Crippen LogP contribution in [0.4, 0.5) is 0 Å². The Bertz CT molecular complexity index is 605. The van der Waals surface area contributed by atoms with Crippen molar-refractivity contribution in [3.05, 3.63) is 0 Å². The zero-order chi connectivity index (χ0) is 18.4. The standard InChI is InChI=1S/C15H25N3O5S/c1-12(14(20)21)18(9-8-17-13(2)19)24(22,23)11-15(10-16)6-4-3-5-7-15/h12H,3-9,11H2,1-2H3,(H,17,19)(H,20,21). The summed E-state index contributed by atoms with van der Waals surface area (Å²) in [5.74, 6) is -1.97. The maximum absolute atomic E-state index is 12.8. The summed E-state index contributed by atoms with van der Waals surface area (Å²) in [5.41, 5.74) is -0.957. The second-order valence-corrected chi connectivity index (χ2v) is 8.24. The number of rotatable bonds is 8. The summed E-state index contributed by atoms with van der Waals surface area (Å²) >= 11 is 0. The number of hydrogen-bond donors (Lipinski definition) is 2. The van der Waals surface area contributed by atoms with Crippen LogP contribution < -0.4 is 5.32 Å². The van der Waals surface area contributed by atoms with E-state index >= 15 is 0 Å². The number of carboxylic acids is 1. The number of aliphatic carboxylic acids is 1. The van der Waals surface area contributed by atoms with Gasteiger partial charge in [0.1, 0.15) is 6.04 Å². The molecule has 1 unspecified atom stereocenters. The lowest BCUT2D eigenvalue weighted by molar-refractivity contribution is -0.140. The molecular weight excluding hydrogens is 334 g/mol. The van der Waals surface area contributed by atoms with Crippen molar-refractivity contribution < 1.29 is 23.1 Å². The molecule has 0 bridgehead atoms. The SMILES string of the molecule is CC(=O)NCCN(C(C)C(=O)O)S(=O)(=O)CC1(C#N)CCCCC1. The van der Waals surface area contributed by atoms with Gasteiger partial charge < -0.3 is 10.4 Å². The van der Waals surface area contributed by atoms with Gasteiger partial charge in [-0.1, -0.05) is 19.3 Å². The lowest BCUT2D eigenvalue weighted by Crippen LogP contribution is -2.49. The fourth-order valence-corrected chi connectivity index (χ4v) is 5.15. The minimum Gasteiger partial charge on any atom is -0.480 e. The molecular formula is C15H25N3O5S. The van der Waals surface area contributed by atoms with E-state index in [0.717, 1.165) is 23.6 Å². The zero-order valence-electron chi connectivity index (χ0n) is 14.1. The van der Waals surface area contributed by atoms with Crippen LogP contribution in [0.25, 0.3) is 0 Å².